The van der Waals surface area contributed by atoms with Crippen LogP contribution in [0.15, 0.2) is 29.4 Å². The number of rotatable bonds is 3. The van der Waals surface area contributed by atoms with E-state index in [0.29, 0.717) is 5.49 Å². The summed E-state index contributed by atoms with van der Waals surface area (Å²) in [5, 5.41) is 17.5. The highest BCUT2D eigenvalue weighted by Crippen LogP contribution is 1.80. The quantitative estimate of drug-likeness (QED) is 0.651. The van der Waals surface area contributed by atoms with E-state index in [0.717, 1.165) is 4.73 Å². The largest absolute Gasteiger partial charge is 0.481 e. The van der Waals surface area contributed by atoms with Gasteiger partial charge in [-0.25, -0.2) is 0 Å². The van der Waals surface area contributed by atoms with Crippen molar-refractivity contribution < 1.29 is 15.1 Å². The number of pyridine rings is 1. The molecule has 0 fully saturated rings. The van der Waals surface area contributed by atoms with Gasteiger partial charge in [0.1, 0.15) is 0 Å². The molecule has 0 unspecified atom stereocenters. The lowest BCUT2D eigenvalue weighted by Crippen LogP contribution is -2.17. The molecule has 0 atom stereocenters. The van der Waals surface area contributed by atoms with E-state index in [1.54, 1.807) is 18.2 Å². The number of carboxylic acid groups (broad SMARTS) is 1. The van der Waals surface area contributed by atoms with Crippen LogP contribution in [0.2, 0.25) is 0 Å². The number of carbonyl (C=O) groups is 1. The third-order valence-electron chi connectivity index (χ3n) is 1.42. The molecule has 0 amide bonds. The van der Waals surface area contributed by atoms with Gasteiger partial charge in [0.25, 0.3) is 0 Å². The second-order valence-corrected chi connectivity index (χ2v) is 2.43. The number of aliphatic carboxylic acids is 1. The Morgan fingerprint density at radius 2 is 2.31 bits per heavy atom. The van der Waals surface area contributed by atoms with Crippen molar-refractivity contribution in [3.8, 4) is 0 Å². The summed E-state index contributed by atoms with van der Waals surface area (Å²) in [7, 11) is 0. The van der Waals surface area contributed by atoms with E-state index in [1.807, 2.05) is 0 Å². The molecule has 0 spiro atoms. The summed E-state index contributed by atoms with van der Waals surface area (Å²) >= 11 is 0. The molecule has 1 aromatic rings. The lowest BCUT2D eigenvalue weighted by atomic mass is 10.4. The van der Waals surface area contributed by atoms with Gasteiger partial charge in [-0.3, -0.25) is 9.79 Å². The first-order valence-electron chi connectivity index (χ1n) is 3.79. The molecule has 1 aromatic heterocycles. The third-order valence-corrected chi connectivity index (χ3v) is 1.42. The predicted octanol–water partition coefficient (Wildman–Crippen LogP) is 0.101. The molecule has 0 saturated carbocycles. The Hall–Kier alpha value is -1.78. The van der Waals surface area contributed by atoms with Crippen LogP contribution in [0.1, 0.15) is 6.42 Å². The van der Waals surface area contributed by atoms with Crippen molar-refractivity contribution in [2.45, 2.75) is 6.42 Å². The molecule has 1 rings (SSSR count). The van der Waals surface area contributed by atoms with Gasteiger partial charge in [-0.1, -0.05) is 6.07 Å². The number of hydrogen-bond acceptors (Lipinski definition) is 3. The molecule has 13 heavy (non-hydrogen) atoms. The average Bonchev–Trinajstić information content (AvgIpc) is 2.08. The average molecular weight is 182 g/mol. The van der Waals surface area contributed by atoms with E-state index in [1.165, 1.54) is 6.20 Å². The second-order valence-electron chi connectivity index (χ2n) is 2.43. The Kier molecular flexibility index (Phi) is 3.08. The van der Waals surface area contributed by atoms with Crippen LogP contribution in [0.5, 0.6) is 0 Å². The minimum atomic E-state index is -0.899. The second kappa shape index (κ2) is 4.30. The molecule has 0 aliphatic carbocycles. The zero-order valence-electron chi connectivity index (χ0n) is 6.92. The molecule has 5 heteroatoms. The lowest BCUT2D eigenvalue weighted by Gasteiger charge is -1.95. The fraction of sp³-hybridized carbons (Fsp3) is 0.250. The van der Waals surface area contributed by atoms with Gasteiger partial charge in [-0.2, -0.15) is 4.73 Å². The monoisotopic (exact) mass is 182 g/mol. The van der Waals surface area contributed by atoms with Crippen LogP contribution in [-0.2, 0) is 4.79 Å². The van der Waals surface area contributed by atoms with Gasteiger partial charge in [-0.15, -0.1) is 0 Å². The molecule has 0 saturated heterocycles. The number of nitrogens with zero attached hydrogens (tertiary/aromatic N) is 2. The van der Waals surface area contributed by atoms with E-state index in [2.05, 4.69) is 4.99 Å². The van der Waals surface area contributed by atoms with Crippen LogP contribution in [0.3, 0.4) is 0 Å². The highest BCUT2D eigenvalue weighted by atomic mass is 16.5. The Balaban J connectivity index is 2.71. The maximum Gasteiger partial charge on any atom is 0.305 e. The van der Waals surface area contributed by atoms with Gasteiger partial charge in [0.15, 0.2) is 5.49 Å². The molecule has 2 N–H and O–H groups in total. The van der Waals surface area contributed by atoms with Crippen molar-refractivity contribution in [1.82, 2.24) is 4.73 Å². The zero-order chi connectivity index (χ0) is 9.68. The van der Waals surface area contributed by atoms with Crippen LogP contribution in [0.4, 0.5) is 0 Å². The van der Waals surface area contributed by atoms with E-state index >= 15 is 0 Å². The predicted molar refractivity (Wildman–Crippen MR) is 44.3 cm³/mol. The number of hydrogen-bond donors (Lipinski definition) is 2. The topological polar surface area (TPSA) is 74.8 Å². The molecule has 70 valence electrons. The SMILES string of the molecule is O=C(O)CCN=c1ccccn1O. The van der Waals surface area contributed by atoms with Gasteiger partial charge in [0.2, 0.25) is 0 Å². The minimum Gasteiger partial charge on any atom is -0.481 e. The first-order valence-corrected chi connectivity index (χ1v) is 3.79. The van der Waals surface area contributed by atoms with Crippen LogP contribution in [0.25, 0.3) is 0 Å². The van der Waals surface area contributed by atoms with Gasteiger partial charge >= 0.3 is 5.97 Å². The molecular weight excluding hydrogens is 172 g/mol. The molecule has 0 aliphatic rings. The summed E-state index contributed by atoms with van der Waals surface area (Å²) in [5.74, 6) is -0.899. The molecular formula is C8H10N2O3. The zero-order valence-corrected chi connectivity index (χ0v) is 6.92. The van der Waals surface area contributed by atoms with Crippen molar-refractivity contribution in [2.75, 3.05) is 6.54 Å². The van der Waals surface area contributed by atoms with Gasteiger partial charge < -0.3 is 10.3 Å². The fourth-order valence-electron chi connectivity index (χ4n) is 0.817. The van der Waals surface area contributed by atoms with Crippen LogP contribution in [-0.4, -0.2) is 27.6 Å². The van der Waals surface area contributed by atoms with Crippen LogP contribution in [0, 0.1) is 0 Å². The van der Waals surface area contributed by atoms with Crippen molar-refractivity contribution in [3.63, 3.8) is 0 Å². The molecule has 0 radical (unpaired) electrons. The summed E-state index contributed by atoms with van der Waals surface area (Å²) in [6.45, 7) is 0.167. The van der Waals surface area contributed by atoms with E-state index in [4.69, 9.17) is 10.3 Å². The highest BCUT2D eigenvalue weighted by Gasteiger charge is 1.93. The van der Waals surface area contributed by atoms with Crippen LogP contribution < -0.4 is 5.49 Å². The fourth-order valence-corrected chi connectivity index (χ4v) is 0.817. The van der Waals surface area contributed by atoms with Gasteiger partial charge in [0.05, 0.1) is 13.0 Å². The lowest BCUT2D eigenvalue weighted by molar-refractivity contribution is -0.136. The van der Waals surface area contributed by atoms with Crippen molar-refractivity contribution in [3.05, 3.63) is 29.9 Å². The van der Waals surface area contributed by atoms with E-state index in [9.17, 15) is 4.79 Å². The number of carboxylic acids is 1. The first-order chi connectivity index (χ1) is 6.20. The van der Waals surface area contributed by atoms with Crippen molar-refractivity contribution >= 4 is 5.97 Å². The molecule has 0 aliphatic heterocycles. The maximum atomic E-state index is 10.1. The Morgan fingerprint density at radius 1 is 1.54 bits per heavy atom. The van der Waals surface area contributed by atoms with Gasteiger partial charge in [-0.05, 0) is 12.1 Å². The van der Waals surface area contributed by atoms with Crippen LogP contribution >= 0.6 is 0 Å². The highest BCUT2D eigenvalue weighted by molar-refractivity contribution is 5.66. The Labute approximate surface area is 74.6 Å². The van der Waals surface area contributed by atoms with Gasteiger partial charge in [0, 0.05) is 6.20 Å². The number of aromatic nitrogens is 1. The minimum absolute atomic E-state index is 0.0328. The summed E-state index contributed by atoms with van der Waals surface area (Å²) in [5.41, 5.74) is 0.351. The molecule has 5 nitrogen and oxygen atoms in total. The standard InChI is InChI=1S/C8H10N2O3/c11-8(12)4-5-9-7-3-1-2-6-10(7)13/h1-3,6,13H,4-5H2,(H,11,12). The summed E-state index contributed by atoms with van der Waals surface area (Å²) in [6.07, 6.45) is 1.40. The van der Waals surface area contributed by atoms with Crippen molar-refractivity contribution in [2.24, 2.45) is 4.99 Å². The summed E-state index contributed by atoms with van der Waals surface area (Å²) in [6, 6.07) is 4.96. The van der Waals surface area contributed by atoms with Crippen molar-refractivity contribution in [1.29, 1.82) is 0 Å². The maximum absolute atomic E-state index is 10.1. The first kappa shape index (κ1) is 9.31. The normalized spacial score (nSPS) is 11.5. The third kappa shape index (κ3) is 2.98. The Morgan fingerprint density at radius 3 is 2.92 bits per heavy atom. The van der Waals surface area contributed by atoms with E-state index in [-0.39, 0.29) is 13.0 Å². The summed E-state index contributed by atoms with van der Waals surface area (Å²) < 4.78 is 0.849. The molecule has 0 aromatic carbocycles. The molecule has 1 heterocycles. The Bertz CT molecular complexity index is 356. The smallest absolute Gasteiger partial charge is 0.305 e. The molecule has 0 bridgehead atoms. The van der Waals surface area contributed by atoms with E-state index < -0.39 is 5.97 Å². The summed E-state index contributed by atoms with van der Waals surface area (Å²) in [4.78, 5) is 14.0.